The van der Waals surface area contributed by atoms with E-state index in [4.69, 9.17) is 5.26 Å². The molecule has 0 aromatic carbocycles. The molecule has 0 heterocycles. The fraction of sp³-hybridized carbons (Fsp3) is 0.545. The second kappa shape index (κ2) is 8.95. The van der Waals surface area contributed by atoms with Crippen LogP contribution in [0.3, 0.4) is 0 Å². The number of allylic oxidation sites excluding steroid dienone is 1. The number of rotatable bonds is 8. The third kappa shape index (κ3) is 8.69. The molecule has 4 nitrogen and oxygen atoms in total. The van der Waals surface area contributed by atoms with Crippen molar-refractivity contribution in [3.8, 4) is 6.07 Å². The molecule has 0 aliphatic carbocycles. The van der Waals surface area contributed by atoms with Crippen molar-refractivity contribution in [3.63, 3.8) is 0 Å². The smallest absolute Gasteiger partial charge is 0.306 e. The zero-order chi connectivity index (χ0) is 11.5. The molecule has 15 heavy (non-hydrogen) atoms. The average Bonchev–Trinajstić information content (AvgIpc) is 2.23. The van der Waals surface area contributed by atoms with Gasteiger partial charge in [-0.15, -0.1) is 6.58 Å². The van der Waals surface area contributed by atoms with Crippen molar-refractivity contribution in [1.82, 2.24) is 0 Å². The highest BCUT2D eigenvalue weighted by atomic mass is 16.5. The van der Waals surface area contributed by atoms with Gasteiger partial charge in [0, 0.05) is 19.3 Å². The zero-order valence-corrected chi connectivity index (χ0v) is 8.70. The Kier molecular flexibility index (Phi) is 7.97. The van der Waals surface area contributed by atoms with Crippen molar-refractivity contribution in [2.45, 2.75) is 32.1 Å². The summed E-state index contributed by atoms with van der Waals surface area (Å²) < 4.78 is 4.53. The van der Waals surface area contributed by atoms with Crippen molar-refractivity contribution in [2.75, 3.05) is 6.61 Å². The van der Waals surface area contributed by atoms with Crippen molar-refractivity contribution in [3.05, 3.63) is 12.7 Å². The first-order valence-electron chi connectivity index (χ1n) is 4.86. The Balaban J connectivity index is 3.44. The molecule has 82 valence electrons. The van der Waals surface area contributed by atoms with E-state index in [9.17, 15) is 9.59 Å². The molecule has 0 saturated carbocycles. The third-order valence-corrected chi connectivity index (χ3v) is 1.76. The summed E-state index contributed by atoms with van der Waals surface area (Å²) in [7, 11) is 0. The molecule has 0 aliphatic rings. The molecule has 4 heteroatoms. The van der Waals surface area contributed by atoms with Crippen LogP contribution < -0.4 is 0 Å². The lowest BCUT2D eigenvalue weighted by Crippen LogP contribution is -2.06. The third-order valence-electron chi connectivity index (χ3n) is 1.76. The predicted octanol–water partition coefficient (Wildman–Crippen LogP) is 1.76. The monoisotopic (exact) mass is 209 g/mol. The van der Waals surface area contributed by atoms with Crippen molar-refractivity contribution >= 4 is 11.8 Å². The Morgan fingerprint density at radius 2 is 2.07 bits per heavy atom. The Morgan fingerprint density at radius 3 is 2.67 bits per heavy atom. The summed E-state index contributed by atoms with van der Waals surface area (Å²) in [6.45, 7) is 3.30. The number of carbonyl (C=O) groups is 2. The van der Waals surface area contributed by atoms with Crippen LogP contribution in [0.4, 0.5) is 0 Å². The van der Waals surface area contributed by atoms with Crippen molar-refractivity contribution in [1.29, 1.82) is 5.26 Å². The van der Waals surface area contributed by atoms with Crippen LogP contribution in [0.25, 0.3) is 0 Å². The van der Waals surface area contributed by atoms with Crippen molar-refractivity contribution < 1.29 is 14.3 Å². The summed E-state index contributed by atoms with van der Waals surface area (Å²) in [6, 6.07) is 1.70. The van der Waals surface area contributed by atoms with Gasteiger partial charge < -0.3 is 4.74 Å². The number of Topliss-reactive ketones (excluding diaryl/α,β-unsaturated/α-hetero) is 1. The van der Waals surface area contributed by atoms with Crippen molar-refractivity contribution in [2.24, 2.45) is 0 Å². The highest BCUT2D eigenvalue weighted by Gasteiger charge is 2.05. The van der Waals surface area contributed by atoms with Gasteiger partial charge in [0.1, 0.15) is 11.9 Å². The van der Waals surface area contributed by atoms with Gasteiger partial charge in [0.05, 0.1) is 0 Å². The molecule has 0 bridgehead atoms. The maximum Gasteiger partial charge on any atom is 0.306 e. The normalized spacial score (nSPS) is 9.00. The minimum Gasteiger partial charge on any atom is -0.450 e. The quantitative estimate of drug-likeness (QED) is 0.451. The zero-order valence-electron chi connectivity index (χ0n) is 8.70. The lowest BCUT2D eigenvalue weighted by atomic mass is 10.1. The number of ether oxygens (including phenoxy) is 1. The van der Waals surface area contributed by atoms with E-state index in [2.05, 4.69) is 11.3 Å². The minimum absolute atomic E-state index is 0.128. The van der Waals surface area contributed by atoms with Crippen LogP contribution in [0.15, 0.2) is 12.7 Å². The van der Waals surface area contributed by atoms with E-state index in [0.29, 0.717) is 25.7 Å². The molecule has 0 unspecified atom stereocenters. The van der Waals surface area contributed by atoms with Gasteiger partial charge in [-0.3, -0.25) is 9.59 Å². The first kappa shape index (κ1) is 13.4. The van der Waals surface area contributed by atoms with Gasteiger partial charge in [0.2, 0.25) is 0 Å². The molecular weight excluding hydrogens is 194 g/mol. The highest BCUT2D eigenvalue weighted by molar-refractivity contribution is 5.79. The SMILES string of the molecule is C=CCCC(=O)CCCC(=O)OCC#N. The van der Waals surface area contributed by atoms with Gasteiger partial charge >= 0.3 is 5.97 Å². The molecule has 0 atom stereocenters. The number of esters is 1. The number of hydrogen-bond donors (Lipinski definition) is 0. The van der Waals surface area contributed by atoms with Crippen LogP contribution in [-0.4, -0.2) is 18.4 Å². The van der Waals surface area contributed by atoms with Crippen LogP contribution in [-0.2, 0) is 14.3 Å². The average molecular weight is 209 g/mol. The minimum atomic E-state index is -0.423. The van der Waals surface area contributed by atoms with Gasteiger partial charge in [-0.1, -0.05) is 6.08 Å². The largest absolute Gasteiger partial charge is 0.450 e. The fourth-order valence-electron chi connectivity index (χ4n) is 1.00. The molecule has 0 aromatic rings. The summed E-state index contributed by atoms with van der Waals surface area (Å²) in [4.78, 5) is 22.0. The molecular formula is C11H15NO3. The van der Waals surface area contributed by atoms with E-state index in [-0.39, 0.29) is 18.8 Å². The van der Waals surface area contributed by atoms with E-state index in [1.807, 2.05) is 0 Å². The number of carbonyl (C=O) groups excluding carboxylic acids is 2. The van der Waals surface area contributed by atoms with Crippen LogP contribution >= 0.6 is 0 Å². The highest BCUT2D eigenvalue weighted by Crippen LogP contribution is 2.03. The summed E-state index contributed by atoms with van der Waals surface area (Å²) in [5, 5.41) is 8.14. The molecule has 0 rings (SSSR count). The topological polar surface area (TPSA) is 67.2 Å². The van der Waals surface area contributed by atoms with Gasteiger partial charge in [-0.25, -0.2) is 0 Å². The van der Waals surface area contributed by atoms with Gasteiger partial charge in [0.15, 0.2) is 6.61 Å². The molecule has 0 spiro atoms. The Morgan fingerprint density at radius 1 is 1.33 bits per heavy atom. The summed E-state index contributed by atoms with van der Waals surface area (Å²) in [5.74, 6) is -0.295. The van der Waals surface area contributed by atoms with Gasteiger partial charge in [-0.2, -0.15) is 5.26 Å². The van der Waals surface area contributed by atoms with Gasteiger partial charge in [-0.05, 0) is 12.8 Å². The standard InChI is InChI=1S/C11H15NO3/c1-2-3-5-10(13)6-4-7-11(14)15-9-8-12/h2H,1,3-7,9H2. The van der Waals surface area contributed by atoms with Gasteiger partial charge in [0.25, 0.3) is 0 Å². The van der Waals surface area contributed by atoms with E-state index >= 15 is 0 Å². The van der Waals surface area contributed by atoms with Crippen LogP contribution in [0.1, 0.15) is 32.1 Å². The number of nitriles is 1. The predicted molar refractivity (Wildman–Crippen MR) is 54.9 cm³/mol. The first-order valence-corrected chi connectivity index (χ1v) is 4.86. The second-order valence-electron chi connectivity index (χ2n) is 3.04. The van der Waals surface area contributed by atoms with E-state index in [1.165, 1.54) is 0 Å². The van der Waals surface area contributed by atoms with Crippen LogP contribution in [0.2, 0.25) is 0 Å². The second-order valence-corrected chi connectivity index (χ2v) is 3.04. The number of hydrogen-bond acceptors (Lipinski definition) is 4. The molecule has 0 aliphatic heterocycles. The fourth-order valence-corrected chi connectivity index (χ4v) is 1.00. The Bertz CT molecular complexity index is 265. The van der Waals surface area contributed by atoms with Crippen LogP contribution in [0.5, 0.6) is 0 Å². The molecule has 0 amide bonds. The molecule has 0 saturated heterocycles. The molecule has 0 aromatic heterocycles. The number of nitrogens with zero attached hydrogens (tertiary/aromatic N) is 1. The summed E-state index contributed by atoms with van der Waals surface area (Å²) in [5.41, 5.74) is 0. The maximum atomic E-state index is 11.1. The first-order chi connectivity index (χ1) is 7.20. The lowest BCUT2D eigenvalue weighted by molar-refractivity contribution is -0.142. The summed E-state index contributed by atoms with van der Waals surface area (Å²) >= 11 is 0. The lowest BCUT2D eigenvalue weighted by Gasteiger charge is -2.00. The Hall–Kier alpha value is -1.63. The van der Waals surface area contributed by atoms with E-state index < -0.39 is 5.97 Å². The maximum absolute atomic E-state index is 11.1. The van der Waals surface area contributed by atoms with Crippen LogP contribution in [0, 0.1) is 11.3 Å². The number of ketones is 1. The Labute approximate surface area is 89.5 Å². The molecule has 0 radical (unpaired) electrons. The van der Waals surface area contributed by atoms with E-state index in [0.717, 1.165) is 0 Å². The molecule has 0 N–H and O–H groups in total. The summed E-state index contributed by atoms with van der Waals surface area (Å²) in [6.07, 6.45) is 3.92. The van der Waals surface area contributed by atoms with E-state index in [1.54, 1.807) is 12.1 Å². The molecule has 0 fully saturated rings.